The van der Waals surface area contributed by atoms with Crippen molar-refractivity contribution in [3.63, 3.8) is 0 Å². The molecule has 4 rings (SSSR count). The van der Waals surface area contributed by atoms with Gasteiger partial charge in [0, 0.05) is 29.4 Å². The molecule has 6 nitrogen and oxygen atoms in total. The Morgan fingerprint density at radius 2 is 2.10 bits per heavy atom. The van der Waals surface area contributed by atoms with Crippen LogP contribution in [0.5, 0.6) is 0 Å². The SMILES string of the molecule is CCc1cc(C(=O)N2CCCC[C@H]2Cc2c(C(=O)NC(C)C)sc3ccccc23)on1. The number of likely N-dealkylation sites (tertiary alicyclic amines) is 1. The summed E-state index contributed by atoms with van der Waals surface area (Å²) in [6.45, 7) is 6.62. The van der Waals surface area contributed by atoms with E-state index in [1.54, 1.807) is 6.07 Å². The van der Waals surface area contributed by atoms with Crippen LogP contribution in [0, 0.1) is 0 Å². The van der Waals surface area contributed by atoms with Crippen molar-refractivity contribution in [3.8, 4) is 0 Å². The van der Waals surface area contributed by atoms with E-state index in [1.165, 1.54) is 11.3 Å². The predicted octanol–water partition coefficient (Wildman–Crippen LogP) is 4.83. The molecule has 3 aromatic rings. The van der Waals surface area contributed by atoms with Gasteiger partial charge in [-0.15, -0.1) is 11.3 Å². The van der Waals surface area contributed by atoms with Crippen molar-refractivity contribution >= 4 is 33.2 Å². The Hall–Kier alpha value is -2.67. The third-order valence-corrected chi connectivity index (χ3v) is 7.00. The minimum atomic E-state index is -0.107. The van der Waals surface area contributed by atoms with Crippen molar-refractivity contribution in [2.75, 3.05) is 6.54 Å². The van der Waals surface area contributed by atoms with E-state index in [0.717, 1.165) is 51.9 Å². The summed E-state index contributed by atoms with van der Waals surface area (Å²) in [5, 5.41) is 8.12. The topological polar surface area (TPSA) is 75.4 Å². The van der Waals surface area contributed by atoms with Gasteiger partial charge in [-0.25, -0.2) is 0 Å². The van der Waals surface area contributed by atoms with Crippen molar-refractivity contribution in [3.05, 3.63) is 52.2 Å². The molecule has 31 heavy (non-hydrogen) atoms. The zero-order valence-electron chi connectivity index (χ0n) is 18.3. The molecule has 0 unspecified atom stereocenters. The van der Waals surface area contributed by atoms with Gasteiger partial charge in [-0.3, -0.25) is 9.59 Å². The number of hydrogen-bond donors (Lipinski definition) is 1. The van der Waals surface area contributed by atoms with Gasteiger partial charge in [-0.1, -0.05) is 30.3 Å². The van der Waals surface area contributed by atoms with Gasteiger partial charge in [-0.2, -0.15) is 0 Å². The molecule has 1 atom stereocenters. The molecule has 1 saturated heterocycles. The fourth-order valence-electron chi connectivity index (χ4n) is 4.25. The highest BCUT2D eigenvalue weighted by atomic mass is 32.1. The van der Waals surface area contributed by atoms with Crippen molar-refractivity contribution in [2.24, 2.45) is 0 Å². The Labute approximate surface area is 186 Å². The number of hydrogen-bond acceptors (Lipinski definition) is 5. The molecule has 164 valence electrons. The molecule has 1 aromatic carbocycles. The van der Waals surface area contributed by atoms with Crippen LogP contribution in [0.3, 0.4) is 0 Å². The van der Waals surface area contributed by atoms with Gasteiger partial charge in [0.2, 0.25) is 5.76 Å². The number of carbonyl (C=O) groups excluding carboxylic acids is 2. The van der Waals surface area contributed by atoms with E-state index in [0.29, 0.717) is 18.7 Å². The Morgan fingerprint density at radius 3 is 2.84 bits per heavy atom. The average Bonchev–Trinajstić information content (AvgIpc) is 3.38. The third kappa shape index (κ3) is 4.51. The van der Waals surface area contributed by atoms with Gasteiger partial charge in [0.15, 0.2) is 0 Å². The van der Waals surface area contributed by atoms with E-state index in [2.05, 4.69) is 22.6 Å². The number of rotatable bonds is 6. The van der Waals surface area contributed by atoms with E-state index >= 15 is 0 Å². The van der Waals surface area contributed by atoms with Crippen LogP contribution in [0.4, 0.5) is 0 Å². The number of thiophene rings is 1. The molecule has 0 aliphatic carbocycles. The summed E-state index contributed by atoms with van der Waals surface area (Å²) >= 11 is 1.53. The fourth-order valence-corrected chi connectivity index (χ4v) is 5.38. The van der Waals surface area contributed by atoms with E-state index in [-0.39, 0.29) is 23.9 Å². The van der Waals surface area contributed by atoms with Crippen LogP contribution in [0.25, 0.3) is 10.1 Å². The summed E-state index contributed by atoms with van der Waals surface area (Å²) in [5.41, 5.74) is 1.82. The lowest BCUT2D eigenvalue weighted by atomic mass is 9.93. The molecule has 1 aliphatic rings. The zero-order chi connectivity index (χ0) is 22.0. The molecule has 0 spiro atoms. The summed E-state index contributed by atoms with van der Waals surface area (Å²) in [7, 11) is 0. The van der Waals surface area contributed by atoms with Crippen LogP contribution in [-0.4, -0.2) is 40.5 Å². The molecule has 1 fully saturated rings. The first-order valence-electron chi connectivity index (χ1n) is 11.1. The first-order chi connectivity index (χ1) is 15.0. The van der Waals surface area contributed by atoms with Crippen LogP contribution in [0.1, 0.15) is 71.5 Å². The minimum Gasteiger partial charge on any atom is -0.351 e. The summed E-state index contributed by atoms with van der Waals surface area (Å²) in [5.74, 6) is 0.157. The molecule has 2 aromatic heterocycles. The molecular formula is C24H29N3O3S. The van der Waals surface area contributed by atoms with E-state index in [1.807, 2.05) is 37.8 Å². The van der Waals surface area contributed by atoms with Gasteiger partial charge in [-0.05, 0) is 63.0 Å². The number of piperidine rings is 1. The van der Waals surface area contributed by atoms with Crippen LogP contribution in [-0.2, 0) is 12.8 Å². The van der Waals surface area contributed by atoms with Crippen molar-refractivity contribution in [2.45, 2.75) is 65.0 Å². The zero-order valence-corrected chi connectivity index (χ0v) is 19.1. The van der Waals surface area contributed by atoms with Gasteiger partial charge in [0.25, 0.3) is 11.8 Å². The van der Waals surface area contributed by atoms with Crippen LogP contribution in [0.15, 0.2) is 34.9 Å². The molecular weight excluding hydrogens is 410 g/mol. The van der Waals surface area contributed by atoms with Gasteiger partial charge in [0.05, 0.1) is 10.6 Å². The van der Waals surface area contributed by atoms with Gasteiger partial charge >= 0.3 is 0 Å². The number of amides is 2. The molecule has 2 amide bonds. The fraction of sp³-hybridized carbons (Fsp3) is 0.458. The van der Waals surface area contributed by atoms with E-state index < -0.39 is 0 Å². The highest BCUT2D eigenvalue weighted by Gasteiger charge is 2.32. The molecule has 7 heteroatoms. The summed E-state index contributed by atoms with van der Waals surface area (Å²) in [4.78, 5) is 28.8. The minimum absolute atomic E-state index is 0.0278. The quantitative estimate of drug-likeness (QED) is 0.597. The first-order valence-corrected chi connectivity index (χ1v) is 11.9. The molecule has 1 aliphatic heterocycles. The second-order valence-electron chi connectivity index (χ2n) is 8.42. The lowest BCUT2D eigenvalue weighted by Gasteiger charge is -2.35. The van der Waals surface area contributed by atoms with Crippen LogP contribution >= 0.6 is 11.3 Å². The first kappa shape index (κ1) is 21.6. The van der Waals surface area contributed by atoms with Crippen molar-refractivity contribution in [1.82, 2.24) is 15.4 Å². The second-order valence-corrected chi connectivity index (χ2v) is 9.47. The van der Waals surface area contributed by atoms with Crippen LogP contribution < -0.4 is 5.32 Å². The maximum Gasteiger partial charge on any atom is 0.292 e. The smallest absolute Gasteiger partial charge is 0.292 e. The standard InChI is InChI=1S/C24H29N3O3S/c1-4-16-13-20(30-26-16)24(29)27-12-8-7-9-17(27)14-19-18-10-5-6-11-21(18)31-22(19)23(28)25-15(2)3/h5-6,10-11,13,15,17H,4,7-9,12,14H2,1-3H3,(H,25,28)/t17-/m0/s1. The molecule has 0 radical (unpaired) electrons. The number of carbonyl (C=O) groups is 2. The molecule has 1 N–H and O–H groups in total. The Kier molecular flexibility index (Phi) is 6.41. The van der Waals surface area contributed by atoms with E-state index in [4.69, 9.17) is 4.52 Å². The summed E-state index contributed by atoms with van der Waals surface area (Å²) in [6, 6.07) is 9.98. The second kappa shape index (κ2) is 9.22. The lowest BCUT2D eigenvalue weighted by Crippen LogP contribution is -2.45. The van der Waals surface area contributed by atoms with E-state index in [9.17, 15) is 9.59 Å². The Morgan fingerprint density at radius 1 is 1.29 bits per heavy atom. The number of aromatic nitrogens is 1. The lowest BCUT2D eigenvalue weighted by molar-refractivity contribution is 0.0571. The van der Waals surface area contributed by atoms with Gasteiger partial charge < -0.3 is 14.7 Å². The number of aryl methyl sites for hydroxylation is 1. The summed E-state index contributed by atoms with van der Waals surface area (Å²) in [6.07, 6.45) is 4.35. The number of nitrogens with one attached hydrogen (secondary N) is 1. The highest BCUT2D eigenvalue weighted by molar-refractivity contribution is 7.21. The van der Waals surface area contributed by atoms with Crippen molar-refractivity contribution in [1.29, 1.82) is 0 Å². The third-order valence-electron chi connectivity index (χ3n) is 5.78. The summed E-state index contributed by atoms with van der Waals surface area (Å²) < 4.78 is 6.43. The maximum absolute atomic E-state index is 13.2. The molecule has 0 bridgehead atoms. The average molecular weight is 440 g/mol. The maximum atomic E-state index is 13.2. The largest absolute Gasteiger partial charge is 0.351 e. The van der Waals surface area contributed by atoms with Crippen molar-refractivity contribution < 1.29 is 14.1 Å². The number of fused-ring (bicyclic) bond motifs is 1. The number of nitrogens with zero attached hydrogens (tertiary/aromatic N) is 2. The monoisotopic (exact) mass is 439 g/mol. The highest BCUT2D eigenvalue weighted by Crippen LogP contribution is 2.34. The van der Waals surface area contributed by atoms with Crippen LogP contribution in [0.2, 0.25) is 0 Å². The number of benzene rings is 1. The predicted molar refractivity (Wildman–Crippen MR) is 123 cm³/mol. The Bertz CT molecular complexity index is 1080. The molecule has 3 heterocycles. The Balaban J connectivity index is 1.66. The molecule has 0 saturated carbocycles. The normalized spacial score (nSPS) is 16.8. The van der Waals surface area contributed by atoms with Gasteiger partial charge in [0.1, 0.15) is 0 Å².